The molecule has 0 bridgehead atoms. The van der Waals surface area contributed by atoms with Crippen LogP contribution in [0.3, 0.4) is 0 Å². The maximum atomic E-state index is 12.7. The maximum Gasteiger partial charge on any atom is 0.573 e. The van der Waals surface area contributed by atoms with Crippen molar-refractivity contribution in [3.05, 3.63) is 148 Å². The molecule has 4 aliphatic carbocycles. The van der Waals surface area contributed by atoms with Gasteiger partial charge in [0.2, 0.25) is 28.8 Å². The van der Waals surface area contributed by atoms with Crippen molar-refractivity contribution in [3.8, 4) is 17.2 Å². The molecule has 4 heterocycles. The molecular formula is C89H124Br4Cl7F12N19O10. The minimum atomic E-state index is -4.77. The Balaban J connectivity index is 0.000000857. The van der Waals surface area contributed by atoms with Gasteiger partial charge in [-0.25, -0.2) is 39.3 Å². The van der Waals surface area contributed by atoms with Gasteiger partial charge < -0.3 is 88.2 Å². The van der Waals surface area contributed by atoms with E-state index in [0.29, 0.717) is 90.4 Å². The van der Waals surface area contributed by atoms with Gasteiger partial charge in [0.1, 0.15) is 56.7 Å². The number of amides is 3. The average Bonchev–Trinajstić information content (AvgIpc) is 0.836. The Hall–Kier alpha value is -7.15. The number of rotatable bonds is 23. The number of carbonyl (C=O) groups excluding carboxylic acids is 4. The molecule has 4 fully saturated rings. The predicted molar refractivity (Wildman–Crippen MR) is 544 cm³/mol. The number of nitrogens with one attached hydrogen (secondary N) is 8. The van der Waals surface area contributed by atoms with Crippen molar-refractivity contribution < 1.29 is 100 Å². The quantitative estimate of drug-likeness (QED) is 0.00707. The van der Waals surface area contributed by atoms with E-state index in [9.17, 15) is 67.1 Å². The molecule has 52 heteroatoms. The number of aromatic nitrogens is 8. The van der Waals surface area contributed by atoms with E-state index in [1.165, 1.54) is 48.7 Å². The summed E-state index contributed by atoms with van der Waals surface area (Å²) in [5.74, 6) is 3.88. The molecular weight excluding hydrogens is 2290 g/mol. The predicted octanol–water partition coefficient (Wildman–Crippen LogP) is 26.8. The highest BCUT2D eigenvalue weighted by atomic mass is 79.9. The van der Waals surface area contributed by atoms with E-state index in [2.05, 4.69) is 160 Å². The summed E-state index contributed by atoms with van der Waals surface area (Å²) in [4.78, 5) is 76.6. The van der Waals surface area contributed by atoms with Gasteiger partial charge in [0, 0.05) is 105 Å². The van der Waals surface area contributed by atoms with Gasteiger partial charge in [0.05, 0.1) is 28.6 Å². The molecule has 7 aromatic rings. The van der Waals surface area contributed by atoms with Crippen molar-refractivity contribution in [1.29, 1.82) is 0 Å². The lowest BCUT2D eigenvalue weighted by molar-refractivity contribution is -0.275. The van der Waals surface area contributed by atoms with Crippen LogP contribution < -0.4 is 73.9 Å². The van der Waals surface area contributed by atoms with E-state index in [1.807, 2.05) is 62.3 Å². The van der Waals surface area contributed by atoms with Gasteiger partial charge >= 0.3 is 43.5 Å². The zero-order chi connectivity index (χ0) is 104. The molecule has 0 spiro atoms. The van der Waals surface area contributed by atoms with Crippen LogP contribution in [0.2, 0.25) is 15.7 Å². The molecule has 11 rings (SSSR count). The normalized spacial score (nSPS) is 17.7. The Morgan fingerprint density at radius 3 is 0.957 bits per heavy atom. The highest BCUT2D eigenvalue weighted by Gasteiger charge is 2.36. The van der Waals surface area contributed by atoms with Crippen molar-refractivity contribution in [3.63, 3.8) is 0 Å². The van der Waals surface area contributed by atoms with Gasteiger partial charge in [-0.05, 0) is 300 Å². The number of hydrogen-bond donors (Lipinski definition) is 11. The standard InChI is InChI=1S/C24H31BrF3N5O3.C19H23BrF3N5O.C16H24BrClN4O2.C12H24N2O2.C8H8F3NO.C4HBrCl2N2.C2HF3O.2CH2Cl2.2CH4/c1-23(2,3)36-22(34)32-17-10-8-15(9-11-17)12-29-20-18(25)14-31-21(33-20)30-13-16-6-4-5-7-19(16)35-24(26,27)28;20-15-11-27-18(28-17(15)25-9-12-5-7-14(24)8-6-12)26-10-13-3-1-2-4-16(13)29-19(21,22)23;1-16(2,3)24-15(23)21-11-6-4-10(5-7-11)8-19-13-12(17)9-20-14(18)22-13;1-12(2,3)16-11(15)14-10-6-4-9(8-13)5-7-10;9-8(10,11)13-7-4-2-1-3-6(7)5-12;5-2-1-8-4(7)9-3(2)6;3-2(4,5)1-6;2*2-1-3;;/h4-7,14-15,17H,8-13H2,1-3H3,(H,32,34)(H2,29,30,31,33);1-4,11-12,14H,5-10,24H2,(H2,25,26,27,28);9-11H,4-8H2,1-3H3,(H,21,23)(H,19,20,22);9-10H,4-8,13H2,1-3H3,(H,14,15);1-4H,5,12H2;1H;1H;2*1H2;2*1H4. The van der Waals surface area contributed by atoms with Gasteiger partial charge in [-0.2, -0.15) is 28.1 Å². The molecule has 0 saturated heterocycles. The van der Waals surface area contributed by atoms with Crippen LogP contribution in [0, 0.1) is 23.7 Å². The fraction of sp³-hybridized carbons (Fsp3) is 0.573. The lowest BCUT2D eigenvalue weighted by Gasteiger charge is -2.30. The molecule has 0 unspecified atom stereocenters. The van der Waals surface area contributed by atoms with Crippen LogP contribution in [-0.2, 0) is 38.6 Å². The number of aldehydes is 1. The Bertz CT molecular complexity index is 4760. The number of ether oxygens (including phenoxy) is 6. The summed E-state index contributed by atoms with van der Waals surface area (Å²) >= 11 is 49.2. The highest BCUT2D eigenvalue weighted by molar-refractivity contribution is 9.11. The van der Waals surface area contributed by atoms with Crippen molar-refractivity contribution in [1.82, 2.24) is 55.8 Å². The second kappa shape index (κ2) is 66.9. The number of nitrogens with zero attached hydrogens (tertiary/aromatic N) is 8. The van der Waals surface area contributed by atoms with Crippen molar-refractivity contribution in [2.75, 3.05) is 63.4 Å². The molecule has 4 aliphatic rings. The topological polar surface area (TPSA) is 401 Å². The molecule has 0 aliphatic heterocycles. The lowest BCUT2D eigenvalue weighted by atomic mass is 9.86. The fourth-order valence-electron chi connectivity index (χ4n) is 13.0. The SMILES string of the molecule is C.C.CC(C)(C)OC(=O)NC1CCC(CN)CC1.CC(C)(C)OC(=O)NC1CCC(CNc2nc(Cl)ncc2Br)CC1.CC(C)(C)OC(=O)NC1CCC(CNc2nc(NCc3ccccc3OC(F)(F)F)ncc2Br)CC1.ClCCl.ClCCl.Clc1ncc(Br)c(Cl)n1.NC1CCC(CNc2nc(NCc3ccccc3OC(F)(F)F)ncc2Br)CC1.NCc1ccccc1OC(F)(F)F.O=CC(F)(F)F. The van der Waals surface area contributed by atoms with Crippen molar-refractivity contribution >= 4 is 199 Å². The smallest absolute Gasteiger partial charge is 0.444 e. The number of alkyl halides is 16. The van der Waals surface area contributed by atoms with E-state index < -0.39 is 48.4 Å². The molecule has 0 radical (unpaired) electrons. The Labute approximate surface area is 883 Å². The molecule has 4 aromatic heterocycles. The maximum absolute atomic E-state index is 12.7. The first-order chi connectivity index (χ1) is 64.9. The van der Waals surface area contributed by atoms with Gasteiger partial charge in [-0.3, -0.25) is 4.79 Å². The zero-order valence-corrected chi connectivity index (χ0v) is 88.8. The third-order valence-electron chi connectivity index (χ3n) is 19.3. The molecule has 141 heavy (non-hydrogen) atoms. The van der Waals surface area contributed by atoms with Crippen LogP contribution in [0.1, 0.15) is 197 Å². The molecule has 3 amide bonds. The van der Waals surface area contributed by atoms with E-state index in [0.717, 1.165) is 131 Å². The fourth-order valence-corrected chi connectivity index (χ4v) is 14.7. The number of hydrogen-bond acceptors (Lipinski definition) is 26. The van der Waals surface area contributed by atoms with E-state index in [1.54, 1.807) is 48.9 Å². The number of anilines is 5. The summed E-state index contributed by atoms with van der Waals surface area (Å²) in [7, 11) is 0. The first-order valence-corrected chi connectivity index (χ1v) is 49.6. The van der Waals surface area contributed by atoms with Crippen LogP contribution in [0.5, 0.6) is 17.2 Å². The largest absolute Gasteiger partial charge is 0.573 e. The van der Waals surface area contributed by atoms with Crippen LogP contribution >= 0.6 is 145 Å². The van der Waals surface area contributed by atoms with Gasteiger partial charge in [0.15, 0.2) is 0 Å². The van der Waals surface area contributed by atoms with Gasteiger partial charge in [-0.1, -0.05) is 81.1 Å². The average molecular weight is 2420 g/mol. The van der Waals surface area contributed by atoms with Gasteiger partial charge in [0.25, 0.3) is 0 Å². The number of alkyl carbamates (subject to hydrolysis) is 3. The molecule has 796 valence electrons. The summed E-state index contributed by atoms with van der Waals surface area (Å²) in [6.07, 6.45) is 1.51. The first-order valence-electron chi connectivity index (χ1n) is 43.1. The summed E-state index contributed by atoms with van der Waals surface area (Å²) in [6.45, 7) is 20.0. The first kappa shape index (κ1) is 132. The summed E-state index contributed by atoms with van der Waals surface area (Å²) < 4.78 is 173. The van der Waals surface area contributed by atoms with E-state index >= 15 is 0 Å². The van der Waals surface area contributed by atoms with Crippen LogP contribution in [0.4, 0.5) is 96.4 Å². The molecule has 0 atom stereocenters. The second-order valence-corrected chi connectivity index (χ2v) is 40.0. The van der Waals surface area contributed by atoms with Crippen LogP contribution in [-0.4, -0.2) is 168 Å². The number of nitrogens with two attached hydrogens (primary N) is 3. The number of benzene rings is 3. The monoisotopic (exact) mass is 2410 g/mol. The molecule has 29 nitrogen and oxygen atoms in total. The zero-order valence-electron chi connectivity index (χ0n) is 77.2. The van der Waals surface area contributed by atoms with Crippen molar-refractivity contribution in [2.24, 2.45) is 40.9 Å². The van der Waals surface area contributed by atoms with Gasteiger partial charge in [-0.15, -0.1) is 85.9 Å². The summed E-state index contributed by atoms with van der Waals surface area (Å²) in [5.41, 5.74) is 16.4. The lowest BCUT2D eigenvalue weighted by Crippen LogP contribution is -2.41. The van der Waals surface area contributed by atoms with Crippen LogP contribution in [0.25, 0.3) is 0 Å². The minimum Gasteiger partial charge on any atom is -0.444 e. The molecule has 3 aromatic carbocycles. The van der Waals surface area contributed by atoms with Crippen molar-refractivity contribution in [2.45, 2.75) is 266 Å². The highest BCUT2D eigenvalue weighted by Crippen LogP contribution is 2.35. The van der Waals surface area contributed by atoms with E-state index in [-0.39, 0.29) is 115 Å². The Morgan fingerprint density at radius 1 is 0.404 bits per heavy atom. The number of halogens is 23. The summed E-state index contributed by atoms with van der Waals surface area (Å²) in [6, 6.07) is 18.5. The van der Waals surface area contributed by atoms with Crippen LogP contribution in [0.15, 0.2) is 115 Å². The Kier molecular flexibility index (Phi) is 62.5. The second-order valence-electron chi connectivity index (χ2n) is 33.9. The minimum absolute atomic E-state index is 0. The third-order valence-corrected chi connectivity index (χ3v) is 22.5. The number of para-hydroxylation sites is 3. The summed E-state index contributed by atoms with van der Waals surface area (Å²) in [5, 5.41) is 25.8. The molecule has 14 N–H and O–H groups in total. The number of carbonyl (C=O) groups is 4. The van der Waals surface area contributed by atoms with E-state index in [4.69, 9.17) is 117 Å². The molecule has 4 saturated carbocycles. The Morgan fingerprint density at radius 2 is 0.674 bits per heavy atom. The third kappa shape index (κ3) is 61.8.